The van der Waals surface area contributed by atoms with Crippen LogP contribution in [0.4, 0.5) is 4.39 Å². The zero-order valence-corrected chi connectivity index (χ0v) is 10.9. The van der Waals surface area contributed by atoms with Crippen LogP contribution >= 0.6 is 0 Å². The van der Waals surface area contributed by atoms with Crippen LogP contribution in [0.25, 0.3) is 11.5 Å². The molecular formula is C13H16FN3O2. The van der Waals surface area contributed by atoms with Gasteiger partial charge in [-0.1, -0.05) is 6.92 Å². The van der Waals surface area contributed by atoms with E-state index < -0.39 is 5.82 Å². The number of likely N-dealkylation sites (N-methyl/N-ethyl adjacent to an activating group) is 1. The number of halogens is 1. The summed E-state index contributed by atoms with van der Waals surface area (Å²) in [4.78, 5) is 0. The first-order valence-corrected chi connectivity index (χ1v) is 6.11. The van der Waals surface area contributed by atoms with E-state index in [0.717, 1.165) is 13.1 Å². The lowest BCUT2D eigenvalue weighted by molar-refractivity contribution is 0.386. The topological polar surface area (TPSA) is 60.2 Å². The number of rotatable bonds is 6. The highest BCUT2D eigenvalue weighted by Gasteiger charge is 2.11. The van der Waals surface area contributed by atoms with E-state index in [-0.39, 0.29) is 5.75 Å². The third-order valence-corrected chi connectivity index (χ3v) is 2.63. The van der Waals surface area contributed by atoms with E-state index in [1.165, 1.54) is 19.2 Å². The number of ether oxygens (including phenoxy) is 1. The molecule has 0 fully saturated rings. The molecular weight excluding hydrogens is 249 g/mol. The maximum absolute atomic E-state index is 13.3. The molecule has 0 atom stereocenters. The van der Waals surface area contributed by atoms with Gasteiger partial charge in [0.25, 0.3) is 0 Å². The van der Waals surface area contributed by atoms with Crippen molar-refractivity contribution < 1.29 is 13.5 Å². The Hall–Kier alpha value is -1.95. The number of nitrogens with zero attached hydrogens (tertiary/aromatic N) is 2. The van der Waals surface area contributed by atoms with Gasteiger partial charge in [-0.2, -0.15) is 0 Å². The van der Waals surface area contributed by atoms with E-state index >= 15 is 0 Å². The van der Waals surface area contributed by atoms with E-state index in [9.17, 15) is 4.39 Å². The standard InChI is InChI=1S/C13H16FN3O2/c1-3-15-7-6-12-16-17-13(19-12)9-4-5-10(14)11(8-9)18-2/h4-5,8,15H,3,6-7H2,1-2H3. The molecule has 1 heterocycles. The summed E-state index contributed by atoms with van der Waals surface area (Å²) in [6.07, 6.45) is 0.666. The minimum absolute atomic E-state index is 0.157. The first kappa shape index (κ1) is 13.5. The molecule has 0 amide bonds. The van der Waals surface area contributed by atoms with Crippen molar-refractivity contribution in [3.05, 3.63) is 29.9 Å². The molecule has 0 bridgehead atoms. The Kier molecular flexibility index (Phi) is 4.46. The first-order valence-electron chi connectivity index (χ1n) is 6.11. The van der Waals surface area contributed by atoms with Crippen molar-refractivity contribution in [2.24, 2.45) is 0 Å². The fraction of sp³-hybridized carbons (Fsp3) is 0.385. The molecule has 0 unspecified atom stereocenters. The number of hydrogen-bond donors (Lipinski definition) is 1. The fourth-order valence-electron chi connectivity index (χ4n) is 1.64. The average Bonchev–Trinajstić information content (AvgIpc) is 2.88. The van der Waals surface area contributed by atoms with Crippen LogP contribution in [0.2, 0.25) is 0 Å². The molecule has 2 rings (SSSR count). The van der Waals surface area contributed by atoms with Crippen molar-refractivity contribution in [1.29, 1.82) is 0 Å². The largest absolute Gasteiger partial charge is 0.494 e. The van der Waals surface area contributed by atoms with E-state index in [1.54, 1.807) is 6.07 Å². The number of benzene rings is 1. The lowest BCUT2D eigenvalue weighted by atomic mass is 10.2. The molecule has 0 saturated heterocycles. The molecule has 5 nitrogen and oxygen atoms in total. The predicted molar refractivity (Wildman–Crippen MR) is 68.5 cm³/mol. The molecule has 0 spiro atoms. The third kappa shape index (κ3) is 3.29. The Morgan fingerprint density at radius 2 is 2.21 bits per heavy atom. The summed E-state index contributed by atoms with van der Waals surface area (Å²) in [5, 5.41) is 11.1. The predicted octanol–water partition coefficient (Wildman–Crippen LogP) is 2.04. The Morgan fingerprint density at radius 1 is 1.37 bits per heavy atom. The van der Waals surface area contributed by atoms with Gasteiger partial charge in [-0.3, -0.25) is 0 Å². The molecule has 1 aromatic heterocycles. The minimum atomic E-state index is -0.418. The summed E-state index contributed by atoms with van der Waals surface area (Å²) in [7, 11) is 1.41. The maximum atomic E-state index is 13.3. The second-order valence-electron chi connectivity index (χ2n) is 3.95. The van der Waals surface area contributed by atoms with Gasteiger partial charge in [0.1, 0.15) is 0 Å². The number of hydrogen-bond acceptors (Lipinski definition) is 5. The highest BCUT2D eigenvalue weighted by atomic mass is 19.1. The smallest absolute Gasteiger partial charge is 0.247 e. The van der Waals surface area contributed by atoms with Crippen molar-refractivity contribution >= 4 is 0 Å². The molecule has 6 heteroatoms. The van der Waals surface area contributed by atoms with Gasteiger partial charge in [0.15, 0.2) is 11.6 Å². The quantitative estimate of drug-likeness (QED) is 0.810. The van der Waals surface area contributed by atoms with Crippen LogP contribution in [-0.2, 0) is 6.42 Å². The first-order chi connectivity index (χ1) is 9.24. The molecule has 0 radical (unpaired) electrons. The molecule has 19 heavy (non-hydrogen) atoms. The molecule has 1 N–H and O–H groups in total. The van der Waals surface area contributed by atoms with Gasteiger partial charge < -0.3 is 14.5 Å². The van der Waals surface area contributed by atoms with Crippen LogP contribution in [-0.4, -0.2) is 30.4 Å². The van der Waals surface area contributed by atoms with E-state index in [2.05, 4.69) is 15.5 Å². The summed E-state index contributed by atoms with van der Waals surface area (Å²) < 4.78 is 23.7. The van der Waals surface area contributed by atoms with Crippen molar-refractivity contribution in [1.82, 2.24) is 15.5 Å². The van der Waals surface area contributed by atoms with E-state index in [4.69, 9.17) is 9.15 Å². The van der Waals surface area contributed by atoms with Gasteiger partial charge >= 0.3 is 0 Å². The second kappa shape index (κ2) is 6.29. The van der Waals surface area contributed by atoms with Crippen molar-refractivity contribution in [2.75, 3.05) is 20.2 Å². The van der Waals surface area contributed by atoms with Crippen molar-refractivity contribution in [2.45, 2.75) is 13.3 Å². The molecule has 0 saturated carbocycles. The van der Waals surface area contributed by atoms with Crippen LogP contribution in [0.15, 0.2) is 22.6 Å². The van der Waals surface area contributed by atoms with Crippen LogP contribution in [0.1, 0.15) is 12.8 Å². The van der Waals surface area contributed by atoms with Crippen molar-refractivity contribution in [3.8, 4) is 17.2 Å². The lowest BCUT2D eigenvalue weighted by Gasteiger charge is -2.02. The molecule has 102 valence electrons. The van der Waals surface area contributed by atoms with Gasteiger partial charge in [-0.25, -0.2) is 4.39 Å². The zero-order valence-electron chi connectivity index (χ0n) is 10.9. The summed E-state index contributed by atoms with van der Waals surface area (Å²) in [5.74, 6) is 0.659. The molecule has 1 aromatic carbocycles. The Balaban J connectivity index is 2.13. The Bertz CT molecular complexity index is 542. The summed E-state index contributed by atoms with van der Waals surface area (Å²) in [5.41, 5.74) is 0.639. The third-order valence-electron chi connectivity index (χ3n) is 2.63. The van der Waals surface area contributed by atoms with Gasteiger partial charge in [0.05, 0.1) is 7.11 Å². The molecule has 0 aliphatic rings. The van der Waals surface area contributed by atoms with Crippen LogP contribution < -0.4 is 10.1 Å². The van der Waals surface area contributed by atoms with E-state index in [1.807, 2.05) is 6.92 Å². The van der Waals surface area contributed by atoms with Gasteiger partial charge in [-0.05, 0) is 24.7 Å². The number of aromatic nitrogens is 2. The van der Waals surface area contributed by atoms with Crippen LogP contribution in [0.5, 0.6) is 5.75 Å². The van der Waals surface area contributed by atoms with Crippen LogP contribution in [0, 0.1) is 5.82 Å². The SMILES string of the molecule is CCNCCc1nnc(-c2ccc(F)c(OC)c2)o1. The Labute approximate surface area is 110 Å². The van der Waals surface area contributed by atoms with Gasteiger partial charge in [0, 0.05) is 18.5 Å². The highest BCUT2D eigenvalue weighted by Crippen LogP contribution is 2.25. The average molecular weight is 265 g/mol. The minimum Gasteiger partial charge on any atom is -0.494 e. The number of methoxy groups -OCH3 is 1. The number of nitrogens with one attached hydrogen (secondary N) is 1. The summed E-state index contributed by atoms with van der Waals surface area (Å²) in [6, 6.07) is 4.44. The molecule has 0 aliphatic carbocycles. The normalized spacial score (nSPS) is 10.7. The van der Waals surface area contributed by atoms with Crippen LogP contribution in [0.3, 0.4) is 0 Å². The lowest BCUT2D eigenvalue weighted by Crippen LogP contribution is -2.16. The molecule has 2 aromatic rings. The van der Waals surface area contributed by atoms with Crippen molar-refractivity contribution in [3.63, 3.8) is 0 Å². The maximum Gasteiger partial charge on any atom is 0.247 e. The molecule has 0 aliphatic heterocycles. The fourth-order valence-corrected chi connectivity index (χ4v) is 1.64. The van der Waals surface area contributed by atoms with Gasteiger partial charge in [0.2, 0.25) is 11.8 Å². The second-order valence-corrected chi connectivity index (χ2v) is 3.95. The Morgan fingerprint density at radius 3 is 2.95 bits per heavy atom. The summed E-state index contributed by atoms with van der Waals surface area (Å²) in [6.45, 7) is 3.71. The van der Waals surface area contributed by atoms with Gasteiger partial charge in [-0.15, -0.1) is 10.2 Å². The van der Waals surface area contributed by atoms with E-state index in [0.29, 0.717) is 23.8 Å². The zero-order chi connectivity index (χ0) is 13.7. The monoisotopic (exact) mass is 265 g/mol. The summed E-state index contributed by atoms with van der Waals surface area (Å²) >= 11 is 0. The highest BCUT2D eigenvalue weighted by molar-refractivity contribution is 5.55.